The van der Waals surface area contributed by atoms with Gasteiger partial charge in [-0.2, -0.15) is 0 Å². The summed E-state index contributed by atoms with van der Waals surface area (Å²) < 4.78 is 0. The van der Waals surface area contributed by atoms with E-state index in [1.54, 1.807) is 6.07 Å². The molecule has 2 rings (SSSR count). The average Bonchev–Trinajstić information content (AvgIpc) is 2.79. The third-order valence-corrected chi connectivity index (χ3v) is 2.42. The van der Waals surface area contributed by atoms with Crippen molar-refractivity contribution in [3.8, 4) is 5.75 Å². The molecule has 1 fully saturated rings. The number of hydrogen-bond donors (Lipinski definition) is 2. The van der Waals surface area contributed by atoms with Gasteiger partial charge in [0.15, 0.2) is 0 Å². The van der Waals surface area contributed by atoms with Crippen LogP contribution in [0.2, 0.25) is 0 Å². The first kappa shape index (κ1) is 7.47. The van der Waals surface area contributed by atoms with Gasteiger partial charge in [0.1, 0.15) is 5.75 Å². The highest BCUT2D eigenvalue weighted by atomic mass is 16.3. The van der Waals surface area contributed by atoms with Gasteiger partial charge in [0.2, 0.25) is 0 Å². The van der Waals surface area contributed by atoms with Gasteiger partial charge in [-0.1, -0.05) is 6.07 Å². The van der Waals surface area contributed by atoms with Gasteiger partial charge < -0.3 is 10.8 Å². The molecule has 0 amide bonds. The van der Waals surface area contributed by atoms with E-state index in [9.17, 15) is 5.11 Å². The number of hydrogen-bond acceptors (Lipinski definition) is 2. The summed E-state index contributed by atoms with van der Waals surface area (Å²) in [5.74, 6) is 0.959. The van der Waals surface area contributed by atoms with Crippen LogP contribution in [0.15, 0.2) is 12.1 Å². The molecule has 0 saturated heterocycles. The molecular formula is C10H13NO. The van der Waals surface area contributed by atoms with Gasteiger partial charge in [0.25, 0.3) is 0 Å². The zero-order valence-electron chi connectivity index (χ0n) is 7.17. The lowest BCUT2D eigenvalue weighted by Gasteiger charge is -2.06. The number of aromatic hydroxyl groups is 1. The minimum atomic E-state index is 0.303. The monoisotopic (exact) mass is 163 g/mol. The Bertz CT molecular complexity index is 316. The van der Waals surface area contributed by atoms with E-state index in [1.807, 2.05) is 13.0 Å². The predicted octanol–water partition coefficient (Wildman–Crippen LogP) is 2.16. The SMILES string of the molecule is Cc1cc(C2CC2)c(N)cc1O. The largest absolute Gasteiger partial charge is 0.508 e. The number of benzene rings is 1. The molecule has 0 aromatic heterocycles. The van der Waals surface area contributed by atoms with E-state index < -0.39 is 0 Å². The molecule has 0 unspecified atom stereocenters. The van der Waals surface area contributed by atoms with Gasteiger partial charge in [0.05, 0.1) is 0 Å². The highest BCUT2D eigenvalue weighted by Crippen LogP contribution is 2.44. The Morgan fingerprint density at radius 1 is 1.42 bits per heavy atom. The molecule has 0 bridgehead atoms. The fourth-order valence-corrected chi connectivity index (χ4v) is 1.48. The molecule has 1 aromatic carbocycles. The second-order valence-electron chi connectivity index (χ2n) is 3.54. The Balaban J connectivity index is 2.47. The quantitative estimate of drug-likeness (QED) is 0.623. The molecule has 0 spiro atoms. The van der Waals surface area contributed by atoms with Crippen molar-refractivity contribution in [2.24, 2.45) is 0 Å². The van der Waals surface area contributed by atoms with Crippen molar-refractivity contribution < 1.29 is 5.11 Å². The number of rotatable bonds is 1. The molecule has 12 heavy (non-hydrogen) atoms. The molecule has 1 aromatic rings. The highest BCUT2D eigenvalue weighted by Gasteiger charge is 2.25. The van der Waals surface area contributed by atoms with Crippen molar-refractivity contribution in [3.05, 3.63) is 23.3 Å². The smallest absolute Gasteiger partial charge is 0.120 e. The number of nitrogens with two attached hydrogens (primary N) is 1. The molecule has 0 atom stereocenters. The van der Waals surface area contributed by atoms with Gasteiger partial charge in [0, 0.05) is 11.8 Å². The predicted molar refractivity (Wildman–Crippen MR) is 49.2 cm³/mol. The Morgan fingerprint density at radius 3 is 2.67 bits per heavy atom. The topological polar surface area (TPSA) is 46.2 Å². The van der Waals surface area contributed by atoms with Crippen LogP contribution in [0.3, 0.4) is 0 Å². The minimum absolute atomic E-state index is 0.303. The van der Waals surface area contributed by atoms with Gasteiger partial charge in [-0.05, 0) is 36.8 Å². The fraction of sp³-hybridized carbons (Fsp3) is 0.400. The molecule has 2 heteroatoms. The lowest BCUT2D eigenvalue weighted by atomic mass is 10.0. The van der Waals surface area contributed by atoms with Crippen molar-refractivity contribution in [1.29, 1.82) is 0 Å². The molecule has 0 heterocycles. The number of nitrogen functional groups attached to an aromatic ring is 1. The normalized spacial score (nSPS) is 16.4. The Labute approximate surface area is 72.0 Å². The molecule has 1 saturated carbocycles. The lowest BCUT2D eigenvalue weighted by molar-refractivity contribution is 0.471. The Hall–Kier alpha value is -1.18. The van der Waals surface area contributed by atoms with Gasteiger partial charge in [-0.3, -0.25) is 0 Å². The van der Waals surface area contributed by atoms with E-state index in [4.69, 9.17) is 5.73 Å². The van der Waals surface area contributed by atoms with Crippen LogP contribution in [0.4, 0.5) is 5.69 Å². The first-order valence-corrected chi connectivity index (χ1v) is 4.27. The third kappa shape index (κ3) is 1.13. The van der Waals surface area contributed by atoms with Crippen LogP contribution in [0.5, 0.6) is 5.75 Å². The maximum atomic E-state index is 9.35. The second-order valence-corrected chi connectivity index (χ2v) is 3.54. The molecule has 3 N–H and O–H groups in total. The third-order valence-electron chi connectivity index (χ3n) is 2.42. The molecule has 2 nitrogen and oxygen atoms in total. The van der Waals surface area contributed by atoms with Crippen LogP contribution in [-0.4, -0.2) is 5.11 Å². The summed E-state index contributed by atoms with van der Waals surface area (Å²) in [6.07, 6.45) is 2.49. The summed E-state index contributed by atoms with van der Waals surface area (Å²) in [6.45, 7) is 1.90. The average molecular weight is 163 g/mol. The van der Waals surface area contributed by atoms with Gasteiger partial charge in [-0.25, -0.2) is 0 Å². The molecule has 0 radical (unpaired) electrons. The van der Waals surface area contributed by atoms with Crippen LogP contribution >= 0.6 is 0 Å². The van der Waals surface area contributed by atoms with Gasteiger partial charge in [-0.15, -0.1) is 0 Å². The lowest BCUT2D eigenvalue weighted by Crippen LogP contribution is -1.93. The number of aryl methyl sites for hydroxylation is 1. The summed E-state index contributed by atoms with van der Waals surface area (Å²) >= 11 is 0. The van der Waals surface area contributed by atoms with Crippen molar-refractivity contribution in [2.75, 3.05) is 5.73 Å². The molecule has 0 aliphatic heterocycles. The summed E-state index contributed by atoms with van der Waals surface area (Å²) in [7, 11) is 0. The summed E-state index contributed by atoms with van der Waals surface area (Å²) in [5, 5.41) is 9.35. The van der Waals surface area contributed by atoms with E-state index >= 15 is 0 Å². The fourth-order valence-electron chi connectivity index (χ4n) is 1.48. The summed E-state index contributed by atoms with van der Waals surface area (Å²) in [6, 6.07) is 3.66. The standard InChI is InChI=1S/C10H13NO/c1-6-4-8(7-2-3-7)9(11)5-10(6)12/h4-5,7,12H,2-3,11H2,1H3. The van der Waals surface area contributed by atoms with Crippen LogP contribution < -0.4 is 5.73 Å². The van der Waals surface area contributed by atoms with E-state index in [2.05, 4.69) is 0 Å². The molecule has 1 aliphatic rings. The van der Waals surface area contributed by atoms with E-state index in [1.165, 1.54) is 18.4 Å². The first-order chi connectivity index (χ1) is 5.68. The minimum Gasteiger partial charge on any atom is -0.508 e. The zero-order chi connectivity index (χ0) is 8.72. The number of phenols is 1. The zero-order valence-corrected chi connectivity index (χ0v) is 7.17. The molecular weight excluding hydrogens is 150 g/mol. The maximum Gasteiger partial charge on any atom is 0.120 e. The van der Waals surface area contributed by atoms with Crippen LogP contribution in [-0.2, 0) is 0 Å². The number of phenolic OH excluding ortho intramolecular Hbond substituents is 1. The van der Waals surface area contributed by atoms with Crippen LogP contribution in [0.1, 0.15) is 29.9 Å². The number of anilines is 1. The first-order valence-electron chi connectivity index (χ1n) is 4.27. The molecule has 64 valence electrons. The second kappa shape index (κ2) is 2.41. The van der Waals surface area contributed by atoms with Crippen LogP contribution in [0, 0.1) is 6.92 Å². The Kier molecular flexibility index (Phi) is 1.50. The maximum absolute atomic E-state index is 9.35. The van der Waals surface area contributed by atoms with E-state index in [0.717, 1.165) is 11.3 Å². The van der Waals surface area contributed by atoms with Gasteiger partial charge >= 0.3 is 0 Å². The van der Waals surface area contributed by atoms with Crippen molar-refractivity contribution >= 4 is 5.69 Å². The molecule has 1 aliphatic carbocycles. The van der Waals surface area contributed by atoms with Crippen molar-refractivity contribution in [3.63, 3.8) is 0 Å². The Morgan fingerprint density at radius 2 is 2.08 bits per heavy atom. The highest BCUT2D eigenvalue weighted by molar-refractivity contribution is 5.56. The summed E-state index contributed by atoms with van der Waals surface area (Å²) in [4.78, 5) is 0. The van der Waals surface area contributed by atoms with E-state index in [0.29, 0.717) is 11.7 Å². The van der Waals surface area contributed by atoms with Crippen LogP contribution in [0.25, 0.3) is 0 Å². The van der Waals surface area contributed by atoms with E-state index in [-0.39, 0.29) is 0 Å². The van der Waals surface area contributed by atoms with Crippen molar-refractivity contribution in [1.82, 2.24) is 0 Å². The van der Waals surface area contributed by atoms with Crippen molar-refractivity contribution in [2.45, 2.75) is 25.7 Å². The summed E-state index contributed by atoms with van der Waals surface area (Å²) in [5.41, 5.74) is 8.64.